The number of nitrogens with one attached hydrogen (secondary N) is 1. The summed E-state index contributed by atoms with van der Waals surface area (Å²) in [6, 6.07) is 8.33. The second-order valence-electron chi connectivity index (χ2n) is 4.60. The first-order chi connectivity index (χ1) is 9.20. The van der Waals surface area contributed by atoms with Crippen LogP contribution in [0, 0.1) is 6.92 Å². The van der Waals surface area contributed by atoms with Gasteiger partial charge in [-0.3, -0.25) is 0 Å². The van der Waals surface area contributed by atoms with Crippen molar-refractivity contribution >= 4 is 5.69 Å². The number of aromatic nitrogens is 2. The van der Waals surface area contributed by atoms with E-state index in [1.54, 1.807) is 0 Å². The molecule has 0 aliphatic heterocycles. The summed E-state index contributed by atoms with van der Waals surface area (Å²) in [4.78, 5) is 4.28. The Bertz CT molecular complexity index is 548. The van der Waals surface area contributed by atoms with E-state index >= 15 is 0 Å². The molecule has 0 radical (unpaired) electrons. The maximum atomic E-state index is 5.24. The molecular formula is C15H19N3O. The second kappa shape index (κ2) is 6.18. The van der Waals surface area contributed by atoms with Crippen molar-refractivity contribution in [3.8, 4) is 11.5 Å². The van der Waals surface area contributed by atoms with Crippen molar-refractivity contribution in [1.29, 1.82) is 0 Å². The van der Waals surface area contributed by atoms with Gasteiger partial charge in [0.15, 0.2) is 5.82 Å². The van der Waals surface area contributed by atoms with Gasteiger partial charge >= 0.3 is 0 Å². The van der Waals surface area contributed by atoms with Crippen molar-refractivity contribution < 1.29 is 4.52 Å². The Labute approximate surface area is 113 Å². The SMILES string of the molecule is C=CCCC(C)Nc1ccccc1-c1nc(C)no1. The minimum Gasteiger partial charge on any atom is -0.382 e. The highest BCUT2D eigenvalue weighted by Crippen LogP contribution is 2.27. The maximum absolute atomic E-state index is 5.24. The molecule has 0 bridgehead atoms. The second-order valence-corrected chi connectivity index (χ2v) is 4.60. The van der Waals surface area contributed by atoms with Gasteiger partial charge in [-0.15, -0.1) is 6.58 Å². The minimum atomic E-state index is 0.364. The molecule has 1 aromatic heterocycles. The van der Waals surface area contributed by atoms with Gasteiger partial charge in [0.2, 0.25) is 0 Å². The molecule has 0 saturated heterocycles. The van der Waals surface area contributed by atoms with Crippen LogP contribution < -0.4 is 5.32 Å². The van der Waals surface area contributed by atoms with Gasteiger partial charge in [-0.25, -0.2) is 0 Å². The Balaban J connectivity index is 2.19. The van der Waals surface area contributed by atoms with E-state index in [2.05, 4.69) is 29.0 Å². The van der Waals surface area contributed by atoms with E-state index in [-0.39, 0.29) is 0 Å². The van der Waals surface area contributed by atoms with Crippen LogP contribution in [-0.4, -0.2) is 16.2 Å². The number of para-hydroxylation sites is 1. The van der Waals surface area contributed by atoms with Gasteiger partial charge in [0.1, 0.15) is 0 Å². The van der Waals surface area contributed by atoms with Crippen molar-refractivity contribution in [2.45, 2.75) is 32.7 Å². The monoisotopic (exact) mass is 257 g/mol. The lowest BCUT2D eigenvalue weighted by Crippen LogP contribution is -2.15. The van der Waals surface area contributed by atoms with Crippen molar-refractivity contribution in [1.82, 2.24) is 10.1 Å². The molecule has 1 aromatic carbocycles. The molecule has 2 rings (SSSR count). The van der Waals surface area contributed by atoms with E-state index in [0.717, 1.165) is 24.1 Å². The van der Waals surface area contributed by atoms with Crippen LogP contribution in [0.1, 0.15) is 25.6 Å². The van der Waals surface area contributed by atoms with E-state index in [1.165, 1.54) is 0 Å². The number of rotatable bonds is 6. The molecule has 0 fully saturated rings. The van der Waals surface area contributed by atoms with Crippen LogP contribution in [0.15, 0.2) is 41.4 Å². The molecule has 0 spiro atoms. The van der Waals surface area contributed by atoms with Crippen molar-refractivity contribution in [2.24, 2.45) is 0 Å². The molecule has 100 valence electrons. The Morgan fingerprint density at radius 3 is 2.89 bits per heavy atom. The van der Waals surface area contributed by atoms with Crippen LogP contribution in [0.4, 0.5) is 5.69 Å². The first-order valence-electron chi connectivity index (χ1n) is 6.48. The third kappa shape index (κ3) is 3.44. The molecule has 2 aromatic rings. The van der Waals surface area contributed by atoms with Crippen LogP contribution in [0.25, 0.3) is 11.5 Å². The normalized spacial score (nSPS) is 12.1. The zero-order chi connectivity index (χ0) is 13.7. The summed E-state index contributed by atoms with van der Waals surface area (Å²) in [6.07, 6.45) is 3.97. The highest BCUT2D eigenvalue weighted by Gasteiger charge is 2.12. The summed E-state index contributed by atoms with van der Waals surface area (Å²) >= 11 is 0. The Hall–Kier alpha value is -2.10. The van der Waals surface area contributed by atoms with Crippen LogP contribution >= 0.6 is 0 Å². The molecule has 4 nitrogen and oxygen atoms in total. The lowest BCUT2D eigenvalue weighted by molar-refractivity contribution is 0.425. The third-order valence-electron chi connectivity index (χ3n) is 2.89. The van der Waals surface area contributed by atoms with E-state index < -0.39 is 0 Å². The van der Waals surface area contributed by atoms with Gasteiger partial charge in [-0.1, -0.05) is 23.4 Å². The number of allylic oxidation sites excluding steroid dienone is 1. The van der Waals surface area contributed by atoms with Crippen molar-refractivity contribution in [3.63, 3.8) is 0 Å². The van der Waals surface area contributed by atoms with Crippen LogP contribution in [-0.2, 0) is 0 Å². The summed E-state index contributed by atoms with van der Waals surface area (Å²) in [6.45, 7) is 7.71. The highest BCUT2D eigenvalue weighted by molar-refractivity contribution is 5.72. The van der Waals surface area contributed by atoms with E-state index in [1.807, 2.05) is 37.3 Å². The Morgan fingerprint density at radius 1 is 1.42 bits per heavy atom. The lowest BCUT2D eigenvalue weighted by atomic mass is 10.1. The fourth-order valence-electron chi connectivity index (χ4n) is 1.91. The molecule has 1 N–H and O–H groups in total. The first-order valence-corrected chi connectivity index (χ1v) is 6.48. The van der Waals surface area contributed by atoms with E-state index in [4.69, 9.17) is 4.52 Å². The predicted octanol–water partition coefficient (Wildman–Crippen LogP) is 3.81. The molecule has 1 unspecified atom stereocenters. The summed E-state index contributed by atoms with van der Waals surface area (Å²) in [7, 11) is 0. The van der Waals surface area contributed by atoms with Crippen LogP contribution in [0.5, 0.6) is 0 Å². The molecule has 0 amide bonds. The smallest absolute Gasteiger partial charge is 0.260 e. The number of hydrogen-bond acceptors (Lipinski definition) is 4. The van der Waals surface area contributed by atoms with Crippen molar-refractivity contribution in [3.05, 3.63) is 42.7 Å². The van der Waals surface area contributed by atoms with Gasteiger partial charge in [0.25, 0.3) is 5.89 Å². The zero-order valence-corrected chi connectivity index (χ0v) is 11.4. The summed E-state index contributed by atoms with van der Waals surface area (Å²) < 4.78 is 5.24. The quantitative estimate of drug-likeness (QED) is 0.799. The summed E-state index contributed by atoms with van der Waals surface area (Å²) in [5, 5.41) is 7.31. The standard InChI is InChI=1S/C15H19N3O/c1-4-5-8-11(2)16-14-10-7-6-9-13(14)15-17-12(3)18-19-15/h4,6-7,9-11,16H,1,5,8H2,2-3H3. The molecule has 0 aliphatic carbocycles. The summed E-state index contributed by atoms with van der Waals surface area (Å²) in [5.41, 5.74) is 1.95. The number of hydrogen-bond donors (Lipinski definition) is 1. The van der Waals surface area contributed by atoms with Gasteiger partial charge < -0.3 is 9.84 Å². The number of aryl methyl sites for hydroxylation is 1. The lowest BCUT2D eigenvalue weighted by Gasteiger charge is -2.16. The minimum absolute atomic E-state index is 0.364. The number of nitrogens with zero attached hydrogens (tertiary/aromatic N) is 2. The predicted molar refractivity (Wildman–Crippen MR) is 77.0 cm³/mol. The number of benzene rings is 1. The average Bonchev–Trinajstić information content (AvgIpc) is 2.83. The molecule has 4 heteroatoms. The van der Waals surface area contributed by atoms with Gasteiger partial charge in [-0.05, 0) is 38.8 Å². The van der Waals surface area contributed by atoms with Gasteiger partial charge in [-0.2, -0.15) is 4.98 Å². The third-order valence-corrected chi connectivity index (χ3v) is 2.89. The number of anilines is 1. The fraction of sp³-hybridized carbons (Fsp3) is 0.333. The largest absolute Gasteiger partial charge is 0.382 e. The van der Waals surface area contributed by atoms with Gasteiger partial charge in [0.05, 0.1) is 5.56 Å². The highest BCUT2D eigenvalue weighted by atomic mass is 16.5. The molecule has 19 heavy (non-hydrogen) atoms. The van der Waals surface area contributed by atoms with Crippen LogP contribution in [0.3, 0.4) is 0 Å². The Kier molecular flexibility index (Phi) is 4.34. The van der Waals surface area contributed by atoms with E-state index in [0.29, 0.717) is 17.8 Å². The molecule has 1 atom stereocenters. The molecular weight excluding hydrogens is 238 g/mol. The van der Waals surface area contributed by atoms with E-state index in [9.17, 15) is 0 Å². The maximum Gasteiger partial charge on any atom is 0.260 e. The topological polar surface area (TPSA) is 51.0 Å². The van der Waals surface area contributed by atoms with Gasteiger partial charge in [0, 0.05) is 11.7 Å². The molecule has 0 saturated carbocycles. The first kappa shape index (κ1) is 13.3. The zero-order valence-electron chi connectivity index (χ0n) is 11.4. The summed E-state index contributed by atoms with van der Waals surface area (Å²) in [5.74, 6) is 1.20. The molecule has 0 aliphatic rings. The molecule has 1 heterocycles. The fourth-order valence-corrected chi connectivity index (χ4v) is 1.91. The van der Waals surface area contributed by atoms with Crippen LogP contribution in [0.2, 0.25) is 0 Å². The average molecular weight is 257 g/mol. The Morgan fingerprint density at radius 2 is 2.21 bits per heavy atom. The van der Waals surface area contributed by atoms with Crippen molar-refractivity contribution in [2.75, 3.05) is 5.32 Å².